The summed E-state index contributed by atoms with van der Waals surface area (Å²) in [5, 5.41) is 9.43. The molecule has 0 N–H and O–H groups in total. The van der Waals surface area contributed by atoms with Gasteiger partial charge in [0, 0.05) is 4.47 Å². The first-order valence-electron chi connectivity index (χ1n) is 6.35. The molecule has 2 aliphatic rings. The van der Waals surface area contributed by atoms with Crippen LogP contribution in [0.5, 0.6) is 0 Å². The second-order valence-electron chi connectivity index (χ2n) is 5.75. The molecule has 0 amide bonds. The molecule has 0 aromatic heterocycles. The van der Waals surface area contributed by atoms with E-state index in [0.29, 0.717) is 17.3 Å². The second-order valence-corrected chi connectivity index (χ2v) is 8.83. The number of hydrogen-bond acceptors (Lipinski definition) is 3. The molecule has 1 spiro atoms. The Morgan fingerprint density at radius 2 is 1.84 bits per heavy atom. The van der Waals surface area contributed by atoms with Crippen molar-refractivity contribution in [1.82, 2.24) is 0 Å². The number of sulfone groups is 1. The number of benzene rings is 1. The summed E-state index contributed by atoms with van der Waals surface area (Å²) in [5.41, 5.74) is 0.143. The molecular formula is C14H14BrNO2S. The van der Waals surface area contributed by atoms with E-state index in [4.69, 9.17) is 0 Å². The van der Waals surface area contributed by atoms with Crippen molar-refractivity contribution in [3.05, 3.63) is 28.7 Å². The Bertz CT molecular complexity index is 663. The first kappa shape index (κ1) is 13.1. The molecule has 100 valence electrons. The van der Waals surface area contributed by atoms with Crippen LogP contribution in [0, 0.1) is 16.7 Å². The zero-order chi connectivity index (χ0) is 13.7. The summed E-state index contributed by atoms with van der Waals surface area (Å²) >= 11 is 3.28. The van der Waals surface area contributed by atoms with Gasteiger partial charge in [-0.1, -0.05) is 18.6 Å². The van der Waals surface area contributed by atoms with E-state index in [-0.39, 0.29) is 10.3 Å². The number of nitriles is 1. The van der Waals surface area contributed by atoms with Gasteiger partial charge in [0.1, 0.15) is 0 Å². The van der Waals surface area contributed by atoms with Crippen LogP contribution in [0.1, 0.15) is 32.1 Å². The highest BCUT2D eigenvalue weighted by molar-refractivity contribution is 9.10. The molecule has 0 atom stereocenters. The molecule has 3 nitrogen and oxygen atoms in total. The molecule has 3 rings (SSSR count). The highest BCUT2D eigenvalue weighted by Crippen LogP contribution is 2.63. The molecule has 2 saturated carbocycles. The third kappa shape index (κ3) is 1.70. The van der Waals surface area contributed by atoms with Crippen molar-refractivity contribution >= 4 is 25.8 Å². The Kier molecular flexibility index (Phi) is 2.81. The molecule has 0 aliphatic heterocycles. The highest BCUT2D eigenvalue weighted by atomic mass is 79.9. The van der Waals surface area contributed by atoms with Gasteiger partial charge in [0.15, 0.2) is 14.6 Å². The van der Waals surface area contributed by atoms with Crippen molar-refractivity contribution in [1.29, 1.82) is 5.26 Å². The van der Waals surface area contributed by atoms with E-state index < -0.39 is 14.6 Å². The Labute approximate surface area is 121 Å². The van der Waals surface area contributed by atoms with E-state index >= 15 is 0 Å². The van der Waals surface area contributed by atoms with Gasteiger partial charge in [-0.3, -0.25) is 0 Å². The predicted octanol–water partition coefficient (Wildman–Crippen LogP) is 3.45. The Morgan fingerprint density at radius 1 is 1.21 bits per heavy atom. The lowest BCUT2D eigenvalue weighted by molar-refractivity contribution is 0.0114. The van der Waals surface area contributed by atoms with E-state index in [9.17, 15) is 13.7 Å². The maximum Gasteiger partial charge on any atom is 0.198 e. The second kappa shape index (κ2) is 4.07. The standard InChI is InChI=1S/C14H14BrNO2S/c15-11-4-1-2-5-12(11)19(17,18)14(10-16)8-13(9-14)6-3-7-13/h1-2,4-5H,3,6-9H2. The quantitative estimate of drug-likeness (QED) is 0.829. The number of nitrogens with zero attached hydrogens (tertiary/aromatic N) is 1. The molecule has 2 aliphatic carbocycles. The van der Waals surface area contributed by atoms with Crippen LogP contribution in [0.15, 0.2) is 33.6 Å². The SMILES string of the molecule is N#CC1(S(=O)(=O)c2ccccc2Br)CC2(CCC2)C1. The first-order chi connectivity index (χ1) is 8.95. The average Bonchev–Trinajstić information content (AvgIpc) is 2.26. The van der Waals surface area contributed by atoms with Gasteiger partial charge >= 0.3 is 0 Å². The summed E-state index contributed by atoms with van der Waals surface area (Å²) in [6.45, 7) is 0. The monoisotopic (exact) mass is 339 g/mol. The zero-order valence-corrected chi connectivity index (χ0v) is 12.8. The van der Waals surface area contributed by atoms with Crippen molar-refractivity contribution < 1.29 is 8.42 Å². The summed E-state index contributed by atoms with van der Waals surface area (Å²) in [5.74, 6) is 0. The maximum atomic E-state index is 12.8. The number of halogens is 1. The molecule has 0 bridgehead atoms. The summed E-state index contributed by atoms with van der Waals surface area (Å²) in [4.78, 5) is 0.241. The lowest BCUT2D eigenvalue weighted by atomic mass is 9.52. The molecule has 5 heteroatoms. The normalized spacial score (nSPS) is 23.2. The van der Waals surface area contributed by atoms with Gasteiger partial charge in [0.2, 0.25) is 0 Å². The minimum absolute atomic E-state index is 0.143. The molecule has 1 aromatic rings. The van der Waals surface area contributed by atoms with Crippen molar-refractivity contribution in [2.45, 2.75) is 41.7 Å². The molecule has 19 heavy (non-hydrogen) atoms. The van der Waals surface area contributed by atoms with Crippen molar-refractivity contribution in [3.8, 4) is 6.07 Å². The van der Waals surface area contributed by atoms with Crippen molar-refractivity contribution in [2.24, 2.45) is 5.41 Å². The smallest absolute Gasteiger partial charge is 0.198 e. The number of rotatable bonds is 2. The summed E-state index contributed by atoms with van der Waals surface area (Å²) in [7, 11) is -3.60. The Balaban J connectivity index is 2.01. The van der Waals surface area contributed by atoms with Crippen LogP contribution in [0.4, 0.5) is 0 Å². The van der Waals surface area contributed by atoms with E-state index in [1.165, 1.54) is 0 Å². The van der Waals surface area contributed by atoms with Crippen LogP contribution < -0.4 is 0 Å². The Hall–Kier alpha value is -0.860. The summed E-state index contributed by atoms with van der Waals surface area (Å²) in [6, 6.07) is 8.84. The van der Waals surface area contributed by atoms with Crippen LogP contribution in [0.3, 0.4) is 0 Å². The minimum Gasteiger partial charge on any atom is -0.222 e. The van der Waals surface area contributed by atoms with Gasteiger partial charge in [-0.2, -0.15) is 5.26 Å². The van der Waals surface area contributed by atoms with E-state index in [1.54, 1.807) is 24.3 Å². The minimum atomic E-state index is -3.60. The fraction of sp³-hybridized carbons (Fsp3) is 0.500. The van der Waals surface area contributed by atoms with Crippen LogP contribution in [0.2, 0.25) is 0 Å². The Morgan fingerprint density at radius 3 is 2.32 bits per heavy atom. The van der Waals surface area contributed by atoms with Crippen LogP contribution >= 0.6 is 15.9 Å². The van der Waals surface area contributed by atoms with Gasteiger partial charge < -0.3 is 0 Å². The molecule has 0 unspecified atom stereocenters. The summed E-state index contributed by atoms with van der Waals surface area (Å²) < 4.78 is 24.9. The molecule has 0 saturated heterocycles. The third-order valence-corrected chi connectivity index (χ3v) is 7.88. The third-order valence-electron chi connectivity index (χ3n) is 4.58. The van der Waals surface area contributed by atoms with Gasteiger partial charge in [-0.05, 0) is 59.2 Å². The van der Waals surface area contributed by atoms with Crippen LogP contribution in [-0.2, 0) is 9.84 Å². The van der Waals surface area contributed by atoms with Gasteiger partial charge in [0.05, 0.1) is 11.0 Å². The molecule has 1 aromatic carbocycles. The molecule has 2 fully saturated rings. The van der Waals surface area contributed by atoms with Crippen molar-refractivity contribution in [2.75, 3.05) is 0 Å². The molecular weight excluding hydrogens is 326 g/mol. The molecule has 0 heterocycles. The lowest BCUT2D eigenvalue weighted by Crippen LogP contribution is -2.58. The first-order valence-corrected chi connectivity index (χ1v) is 8.63. The van der Waals surface area contributed by atoms with Gasteiger partial charge in [0.25, 0.3) is 0 Å². The molecule has 0 radical (unpaired) electrons. The van der Waals surface area contributed by atoms with Gasteiger partial charge in [-0.25, -0.2) is 8.42 Å². The lowest BCUT2D eigenvalue weighted by Gasteiger charge is -2.57. The average molecular weight is 340 g/mol. The van der Waals surface area contributed by atoms with E-state index in [2.05, 4.69) is 22.0 Å². The summed E-state index contributed by atoms with van der Waals surface area (Å²) in [6.07, 6.45) is 4.31. The van der Waals surface area contributed by atoms with E-state index in [1.807, 2.05) is 0 Å². The van der Waals surface area contributed by atoms with E-state index in [0.717, 1.165) is 19.3 Å². The largest absolute Gasteiger partial charge is 0.222 e. The van der Waals surface area contributed by atoms with Crippen LogP contribution in [-0.4, -0.2) is 13.2 Å². The predicted molar refractivity (Wildman–Crippen MR) is 75.2 cm³/mol. The topological polar surface area (TPSA) is 57.9 Å². The zero-order valence-electron chi connectivity index (χ0n) is 10.4. The maximum absolute atomic E-state index is 12.8. The fourth-order valence-electron chi connectivity index (χ4n) is 3.39. The van der Waals surface area contributed by atoms with Crippen LogP contribution in [0.25, 0.3) is 0 Å². The van der Waals surface area contributed by atoms with Gasteiger partial charge in [-0.15, -0.1) is 0 Å². The highest BCUT2D eigenvalue weighted by Gasteiger charge is 2.64. The van der Waals surface area contributed by atoms with Crippen molar-refractivity contribution in [3.63, 3.8) is 0 Å². The number of hydrogen-bond donors (Lipinski definition) is 0. The fourth-order valence-corrected chi connectivity index (χ4v) is 6.43.